The topological polar surface area (TPSA) is 49.3 Å². The maximum atomic E-state index is 10.7. The number of benzene rings is 1. The number of aliphatic carboxylic acids is 1. The van der Waals surface area contributed by atoms with Gasteiger partial charge in [-0.15, -0.1) is 11.8 Å². The van der Waals surface area contributed by atoms with Crippen LogP contribution in [0.25, 0.3) is 0 Å². The molecule has 1 saturated heterocycles. The number of nitrogens with one attached hydrogen (secondary N) is 1. The molecule has 3 nitrogen and oxygen atoms in total. The van der Waals surface area contributed by atoms with Crippen molar-refractivity contribution in [2.75, 3.05) is 5.75 Å². The molecule has 4 heteroatoms. The lowest BCUT2D eigenvalue weighted by Crippen LogP contribution is -2.37. The predicted octanol–water partition coefficient (Wildman–Crippen LogP) is 1.34. The van der Waals surface area contributed by atoms with Crippen LogP contribution >= 0.6 is 11.8 Å². The second-order valence-corrected chi connectivity index (χ2v) is 4.80. The van der Waals surface area contributed by atoms with Crippen molar-refractivity contribution in [3.05, 3.63) is 35.9 Å². The summed E-state index contributed by atoms with van der Waals surface area (Å²) in [7, 11) is 0. The lowest BCUT2D eigenvalue weighted by atomic mass is 10.1. The molecule has 1 aromatic carbocycles. The van der Waals surface area contributed by atoms with E-state index in [1.165, 1.54) is 5.56 Å². The van der Waals surface area contributed by atoms with Gasteiger partial charge in [-0.1, -0.05) is 30.3 Å². The zero-order valence-corrected chi connectivity index (χ0v) is 9.04. The zero-order valence-electron chi connectivity index (χ0n) is 8.22. The molecule has 80 valence electrons. The highest BCUT2D eigenvalue weighted by Gasteiger charge is 2.29. The van der Waals surface area contributed by atoms with Crippen molar-refractivity contribution < 1.29 is 9.90 Å². The van der Waals surface area contributed by atoms with E-state index in [1.807, 2.05) is 18.2 Å². The van der Waals surface area contributed by atoms with Crippen molar-refractivity contribution >= 4 is 17.7 Å². The Hall–Kier alpha value is -1.00. The highest BCUT2D eigenvalue weighted by atomic mass is 32.2. The molecule has 15 heavy (non-hydrogen) atoms. The van der Waals surface area contributed by atoms with E-state index in [9.17, 15) is 4.79 Å². The number of carbonyl (C=O) groups is 1. The van der Waals surface area contributed by atoms with E-state index in [0.717, 1.165) is 6.42 Å². The monoisotopic (exact) mass is 223 g/mol. The number of hydrogen-bond donors (Lipinski definition) is 2. The molecule has 0 amide bonds. The SMILES string of the molecule is O=C(O)[C@@H]1CS[C@@H](Cc2ccccc2)N1. The third-order valence-electron chi connectivity index (χ3n) is 2.41. The fourth-order valence-electron chi connectivity index (χ4n) is 1.62. The quantitative estimate of drug-likeness (QED) is 0.812. The largest absolute Gasteiger partial charge is 0.480 e. The van der Waals surface area contributed by atoms with Crippen LogP contribution in [0.2, 0.25) is 0 Å². The zero-order chi connectivity index (χ0) is 10.7. The van der Waals surface area contributed by atoms with Crippen LogP contribution in [-0.2, 0) is 11.2 Å². The van der Waals surface area contributed by atoms with E-state index in [1.54, 1.807) is 11.8 Å². The molecule has 1 fully saturated rings. The first-order valence-electron chi connectivity index (χ1n) is 4.90. The van der Waals surface area contributed by atoms with Gasteiger partial charge in [-0.3, -0.25) is 10.1 Å². The first kappa shape index (κ1) is 10.5. The maximum Gasteiger partial charge on any atom is 0.321 e. The summed E-state index contributed by atoms with van der Waals surface area (Å²) in [6, 6.07) is 9.74. The Balaban J connectivity index is 1.90. The Morgan fingerprint density at radius 3 is 2.80 bits per heavy atom. The van der Waals surface area contributed by atoms with E-state index in [4.69, 9.17) is 5.11 Å². The highest BCUT2D eigenvalue weighted by Crippen LogP contribution is 2.22. The summed E-state index contributed by atoms with van der Waals surface area (Å²) in [6.45, 7) is 0. The molecule has 1 aliphatic heterocycles. The van der Waals surface area contributed by atoms with Crippen LogP contribution < -0.4 is 5.32 Å². The number of thioether (sulfide) groups is 1. The third-order valence-corrected chi connectivity index (χ3v) is 3.64. The molecule has 0 saturated carbocycles. The van der Waals surface area contributed by atoms with Crippen LogP contribution in [0.15, 0.2) is 30.3 Å². The molecule has 0 bridgehead atoms. The number of hydrogen-bond acceptors (Lipinski definition) is 3. The first-order chi connectivity index (χ1) is 7.25. The minimum atomic E-state index is -0.752. The molecular formula is C11H13NO2S. The Kier molecular flexibility index (Phi) is 3.28. The lowest BCUT2D eigenvalue weighted by molar-refractivity contribution is -0.138. The Labute approximate surface area is 92.9 Å². The van der Waals surface area contributed by atoms with Gasteiger partial charge in [-0.25, -0.2) is 0 Å². The molecule has 0 aliphatic carbocycles. The summed E-state index contributed by atoms with van der Waals surface area (Å²) < 4.78 is 0. The van der Waals surface area contributed by atoms with Gasteiger partial charge < -0.3 is 5.11 Å². The highest BCUT2D eigenvalue weighted by molar-refractivity contribution is 8.00. The van der Waals surface area contributed by atoms with Crippen molar-refractivity contribution in [1.82, 2.24) is 5.32 Å². The van der Waals surface area contributed by atoms with E-state index < -0.39 is 5.97 Å². The van der Waals surface area contributed by atoms with Crippen molar-refractivity contribution in [2.24, 2.45) is 0 Å². The fourth-order valence-corrected chi connectivity index (χ4v) is 2.86. The summed E-state index contributed by atoms with van der Waals surface area (Å²) in [4.78, 5) is 10.7. The van der Waals surface area contributed by atoms with Gasteiger partial charge in [-0.05, 0) is 12.0 Å². The molecule has 1 aromatic rings. The van der Waals surface area contributed by atoms with E-state index in [0.29, 0.717) is 5.75 Å². The van der Waals surface area contributed by atoms with E-state index >= 15 is 0 Å². The summed E-state index contributed by atoms with van der Waals surface area (Å²) >= 11 is 1.68. The normalized spacial score (nSPS) is 25.3. The standard InChI is InChI=1S/C11H13NO2S/c13-11(14)9-7-15-10(12-9)6-8-4-2-1-3-5-8/h1-5,9-10,12H,6-7H2,(H,13,14)/t9-,10-/m0/s1. The van der Waals surface area contributed by atoms with Crippen LogP contribution in [0.5, 0.6) is 0 Å². The van der Waals surface area contributed by atoms with Crippen molar-refractivity contribution in [1.29, 1.82) is 0 Å². The van der Waals surface area contributed by atoms with Gasteiger partial charge in [0, 0.05) is 5.75 Å². The maximum absolute atomic E-state index is 10.7. The van der Waals surface area contributed by atoms with E-state index in [2.05, 4.69) is 17.4 Å². The molecular weight excluding hydrogens is 210 g/mol. The molecule has 2 atom stereocenters. The van der Waals surface area contributed by atoms with Crippen LogP contribution in [-0.4, -0.2) is 28.2 Å². The van der Waals surface area contributed by atoms with Crippen molar-refractivity contribution in [2.45, 2.75) is 17.8 Å². The summed E-state index contributed by atoms with van der Waals surface area (Å²) in [5, 5.41) is 12.2. The number of carboxylic acid groups (broad SMARTS) is 1. The van der Waals surface area contributed by atoms with Crippen LogP contribution in [0.1, 0.15) is 5.56 Å². The molecule has 0 unspecified atom stereocenters. The molecule has 1 heterocycles. The Morgan fingerprint density at radius 2 is 2.20 bits per heavy atom. The van der Waals surface area contributed by atoms with Gasteiger partial charge in [0.1, 0.15) is 6.04 Å². The first-order valence-corrected chi connectivity index (χ1v) is 5.95. The third kappa shape index (κ3) is 2.73. The van der Waals surface area contributed by atoms with Gasteiger partial charge in [-0.2, -0.15) is 0 Å². The van der Waals surface area contributed by atoms with Crippen molar-refractivity contribution in [3.8, 4) is 0 Å². The molecule has 2 N–H and O–H groups in total. The lowest BCUT2D eigenvalue weighted by Gasteiger charge is -2.10. The predicted molar refractivity (Wildman–Crippen MR) is 61.0 cm³/mol. The smallest absolute Gasteiger partial charge is 0.321 e. The summed E-state index contributed by atoms with van der Waals surface area (Å²) in [5.74, 6) is -0.0922. The molecule has 1 aliphatic rings. The molecule has 0 spiro atoms. The van der Waals surface area contributed by atoms with Gasteiger partial charge in [0.05, 0.1) is 5.37 Å². The van der Waals surface area contributed by atoms with Gasteiger partial charge in [0.15, 0.2) is 0 Å². The average molecular weight is 223 g/mol. The number of rotatable bonds is 3. The second kappa shape index (κ2) is 4.68. The minimum absolute atomic E-state index is 0.230. The minimum Gasteiger partial charge on any atom is -0.480 e. The van der Waals surface area contributed by atoms with Crippen molar-refractivity contribution in [3.63, 3.8) is 0 Å². The molecule has 0 radical (unpaired) electrons. The Morgan fingerprint density at radius 1 is 1.47 bits per heavy atom. The van der Waals surface area contributed by atoms with Crippen LogP contribution in [0.3, 0.4) is 0 Å². The summed E-state index contributed by atoms with van der Waals surface area (Å²) in [6.07, 6.45) is 0.884. The van der Waals surface area contributed by atoms with Gasteiger partial charge >= 0.3 is 5.97 Å². The average Bonchev–Trinajstić information content (AvgIpc) is 2.68. The molecule has 0 aromatic heterocycles. The Bertz CT molecular complexity index is 342. The number of carboxylic acids is 1. The van der Waals surface area contributed by atoms with Crippen LogP contribution in [0, 0.1) is 0 Å². The second-order valence-electron chi connectivity index (χ2n) is 3.57. The van der Waals surface area contributed by atoms with Gasteiger partial charge in [0.25, 0.3) is 0 Å². The van der Waals surface area contributed by atoms with Crippen LogP contribution in [0.4, 0.5) is 0 Å². The molecule has 2 rings (SSSR count). The summed E-state index contributed by atoms with van der Waals surface area (Å²) in [5.41, 5.74) is 1.24. The van der Waals surface area contributed by atoms with Gasteiger partial charge in [0.2, 0.25) is 0 Å². The van der Waals surface area contributed by atoms with E-state index in [-0.39, 0.29) is 11.4 Å². The fraction of sp³-hybridized carbons (Fsp3) is 0.364.